The highest BCUT2D eigenvalue weighted by Crippen LogP contribution is 2.14. The molecule has 0 aliphatic heterocycles. The summed E-state index contributed by atoms with van der Waals surface area (Å²) in [5.74, 6) is 1.56. The molecule has 0 fully saturated rings. The van der Waals surface area contributed by atoms with Crippen molar-refractivity contribution in [3.05, 3.63) is 46.8 Å². The van der Waals surface area contributed by atoms with E-state index in [1.54, 1.807) is 12.1 Å². The SMILES string of the molecule is Cc1nc(C)n(CCCNC(=O)c2ccc3nc(C)c(C)nc3c2)n1. The number of amides is 1. The van der Waals surface area contributed by atoms with Gasteiger partial charge in [-0.25, -0.2) is 15.0 Å². The van der Waals surface area contributed by atoms with Crippen LogP contribution in [0.3, 0.4) is 0 Å². The first-order chi connectivity index (χ1) is 11.9. The second-order valence-corrected chi connectivity index (χ2v) is 6.14. The summed E-state index contributed by atoms with van der Waals surface area (Å²) in [7, 11) is 0. The zero-order valence-corrected chi connectivity index (χ0v) is 15.0. The van der Waals surface area contributed by atoms with Crippen molar-refractivity contribution >= 4 is 16.9 Å². The number of nitrogens with one attached hydrogen (secondary N) is 1. The third kappa shape index (κ3) is 3.81. The zero-order valence-electron chi connectivity index (χ0n) is 15.0. The number of hydrogen-bond donors (Lipinski definition) is 1. The molecule has 1 N–H and O–H groups in total. The molecule has 130 valence electrons. The lowest BCUT2D eigenvalue weighted by atomic mass is 10.1. The summed E-state index contributed by atoms with van der Waals surface area (Å²) >= 11 is 0. The summed E-state index contributed by atoms with van der Waals surface area (Å²) in [5, 5.41) is 7.25. The Labute approximate surface area is 146 Å². The molecule has 3 rings (SSSR count). The summed E-state index contributed by atoms with van der Waals surface area (Å²) in [4.78, 5) is 25.6. The van der Waals surface area contributed by atoms with Crippen molar-refractivity contribution in [3.63, 3.8) is 0 Å². The maximum Gasteiger partial charge on any atom is 0.251 e. The Hall–Kier alpha value is -2.83. The van der Waals surface area contributed by atoms with Gasteiger partial charge in [-0.2, -0.15) is 5.10 Å². The lowest BCUT2D eigenvalue weighted by Gasteiger charge is -2.07. The van der Waals surface area contributed by atoms with Crippen LogP contribution in [0.25, 0.3) is 11.0 Å². The van der Waals surface area contributed by atoms with Crippen molar-refractivity contribution in [1.29, 1.82) is 0 Å². The van der Waals surface area contributed by atoms with Gasteiger partial charge in [0.2, 0.25) is 0 Å². The van der Waals surface area contributed by atoms with Crippen LogP contribution in [0.5, 0.6) is 0 Å². The average molecular weight is 338 g/mol. The van der Waals surface area contributed by atoms with Gasteiger partial charge in [0, 0.05) is 18.7 Å². The van der Waals surface area contributed by atoms with Crippen molar-refractivity contribution < 1.29 is 4.79 Å². The normalized spacial score (nSPS) is 11.0. The Morgan fingerprint density at radius 3 is 2.44 bits per heavy atom. The molecule has 3 aromatic rings. The van der Waals surface area contributed by atoms with E-state index in [1.165, 1.54) is 0 Å². The first-order valence-corrected chi connectivity index (χ1v) is 8.35. The molecule has 0 aliphatic carbocycles. The van der Waals surface area contributed by atoms with Crippen molar-refractivity contribution in [1.82, 2.24) is 30.0 Å². The number of aromatic nitrogens is 5. The van der Waals surface area contributed by atoms with Gasteiger partial charge in [0.25, 0.3) is 5.91 Å². The second-order valence-electron chi connectivity index (χ2n) is 6.14. The monoisotopic (exact) mass is 338 g/mol. The minimum absolute atomic E-state index is 0.103. The molecule has 0 saturated heterocycles. The molecule has 0 radical (unpaired) electrons. The standard InChI is InChI=1S/C18H22N6O/c1-11-12(2)21-17-10-15(6-7-16(17)20-11)18(25)19-8-5-9-24-14(4)22-13(3)23-24/h6-7,10H,5,8-9H2,1-4H3,(H,19,25). The molecule has 1 aromatic carbocycles. The van der Waals surface area contributed by atoms with Gasteiger partial charge in [-0.1, -0.05) is 0 Å². The van der Waals surface area contributed by atoms with Crippen LogP contribution >= 0.6 is 0 Å². The molecule has 0 spiro atoms. The molecule has 0 unspecified atom stereocenters. The minimum Gasteiger partial charge on any atom is -0.352 e. The van der Waals surface area contributed by atoms with Crippen LogP contribution in [0.1, 0.15) is 39.8 Å². The summed E-state index contributed by atoms with van der Waals surface area (Å²) in [6.45, 7) is 8.96. The Kier molecular flexibility index (Phi) is 4.74. The van der Waals surface area contributed by atoms with E-state index in [2.05, 4.69) is 25.4 Å². The summed E-state index contributed by atoms with van der Waals surface area (Å²) in [5.41, 5.74) is 3.92. The summed E-state index contributed by atoms with van der Waals surface area (Å²) in [6, 6.07) is 5.41. The van der Waals surface area contributed by atoms with Gasteiger partial charge in [-0.15, -0.1) is 0 Å². The third-order valence-electron chi connectivity index (χ3n) is 4.13. The van der Waals surface area contributed by atoms with Crippen molar-refractivity contribution in [2.24, 2.45) is 0 Å². The van der Waals surface area contributed by atoms with Gasteiger partial charge in [0.1, 0.15) is 11.6 Å². The van der Waals surface area contributed by atoms with Crippen molar-refractivity contribution in [3.8, 4) is 0 Å². The summed E-state index contributed by atoms with van der Waals surface area (Å²) in [6.07, 6.45) is 0.793. The average Bonchev–Trinajstić information content (AvgIpc) is 2.89. The van der Waals surface area contributed by atoms with Crippen LogP contribution < -0.4 is 5.32 Å². The lowest BCUT2D eigenvalue weighted by molar-refractivity contribution is 0.0952. The van der Waals surface area contributed by atoms with E-state index in [-0.39, 0.29) is 5.91 Å². The number of fused-ring (bicyclic) bond motifs is 1. The molecule has 1 amide bonds. The van der Waals surface area contributed by atoms with E-state index in [9.17, 15) is 4.79 Å². The van der Waals surface area contributed by atoms with Gasteiger partial charge in [-0.3, -0.25) is 9.48 Å². The van der Waals surface area contributed by atoms with Crippen molar-refractivity contribution in [2.75, 3.05) is 6.54 Å². The number of carbonyl (C=O) groups is 1. The number of hydrogen-bond acceptors (Lipinski definition) is 5. The van der Waals surface area contributed by atoms with E-state index in [0.29, 0.717) is 12.1 Å². The Bertz CT molecular complexity index is 931. The highest BCUT2D eigenvalue weighted by molar-refractivity contribution is 5.97. The number of nitrogens with zero attached hydrogens (tertiary/aromatic N) is 5. The molecule has 2 aromatic heterocycles. The molecular weight excluding hydrogens is 316 g/mol. The van der Waals surface area contributed by atoms with Gasteiger partial charge in [0.15, 0.2) is 0 Å². The summed E-state index contributed by atoms with van der Waals surface area (Å²) < 4.78 is 1.86. The Balaban J connectivity index is 1.60. The van der Waals surface area contributed by atoms with E-state index < -0.39 is 0 Å². The molecule has 7 heteroatoms. The second kappa shape index (κ2) is 6.96. The first-order valence-electron chi connectivity index (χ1n) is 8.35. The maximum absolute atomic E-state index is 12.3. The fraction of sp³-hybridized carbons (Fsp3) is 0.389. The number of carbonyl (C=O) groups excluding carboxylic acids is 1. The Morgan fingerprint density at radius 1 is 1.04 bits per heavy atom. The van der Waals surface area contributed by atoms with Gasteiger partial charge in [-0.05, 0) is 52.3 Å². The van der Waals surface area contributed by atoms with Gasteiger partial charge >= 0.3 is 0 Å². The van der Waals surface area contributed by atoms with Crippen LogP contribution in [0.4, 0.5) is 0 Å². The predicted octanol–water partition coefficient (Wildman–Crippen LogP) is 2.28. The molecule has 25 heavy (non-hydrogen) atoms. The Morgan fingerprint density at radius 2 is 1.76 bits per heavy atom. The first kappa shape index (κ1) is 17.0. The van der Waals surface area contributed by atoms with Crippen LogP contribution in [0.15, 0.2) is 18.2 Å². The molecular formula is C18H22N6O. The molecule has 0 atom stereocenters. The zero-order chi connectivity index (χ0) is 18.0. The molecule has 0 aliphatic rings. The minimum atomic E-state index is -0.103. The highest BCUT2D eigenvalue weighted by atomic mass is 16.1. The van der Waals surface area contributed by atoms with E-state index in [1.807, 2.05) is 38.4 Å². The molecule has 2 heterocycles. The number of aryl methyl sites for hydroxylation is 5. The van der Waals surface area contributed by atoms with Crippen LogP contribution in [-0.2, 0) is 6.54 Å². The fourth-order valence-corrected chi connectivity index (χ4v) is 2.68. The number of rotatable bonds is 5. The quantitative estimate of drug-likeness (QED) is 0.721. The molecule has 0 bridgehead atoms. The van der Waals surface area contributed by atoms with E-state index >= 15 is 0 Å². The van der Waals surface area contributed by atoms with Crippen LogP contribution in [0, 0.1) is 27.7 Å². The topological polar surface area (TPSA) is 85.6 Å². The lowest BCUT2D eigenvalue weighted by Crippen LogP contribution is -2.25. The van der Waals surface area contributed by atoms with Crippen LogP contribution in [-0.4, -0.2) is 37.2 Å². The van der Waals surface area contributed by atoms with E-state index in [0.717, 1.165) is 47.0 Å². The van der Waals surface area contributed by atoms with Crippen molar-refractivity contribution in [2.45, 2.75) is 40.7 Å². The fourth-order valence-electron chi connectivity index (χ4n) is 2.68. The predicted molar refractivity (Wildman–Crippen MR) is 95.5 cm³/mol. The number of benzene rings is 1. The van der Waals surface area contributed by atoms with Gasteiger partial charge in [0.05, 0.1) is 22.4 Å². The largest absolute Gasteiger partial charge is 0.352 e. The molecule has 0 saturated carbocycles. The third-order valence-corrected chi connectivity index (χ3v) is 4.13. The smallest absolute Gasteiger partial charge is 0.251 e. The highest BCUT2D eigenvalue weighted by Gasteiger charge is 2.09. The van der Waals surface area contributed by atoms with Crippen LogP contribution in [0.2, 0.25) is 0 Å². The molecule has 7 nitrogen and oxygen atoms in total. The van der Waals surface area contributed by atoms with Gasteiger partial charge < -0.3 is 5.32 Å². The maximum atomic E-state index is 12.3. The van der Waals surface area contributed by atoms with E-state index in [4.69, 9.17) is 0 Å².